The molecule has 0 unspecified atom stereocenters. The van der Waals surface area contributed by atoms with E-state index in [2.05, 4.69) is 21.2 Å². The van der Waals surface area contributed by atoms with Crippen molar-refractivity contribution in [1.29, 1.82) is 0 Å². The lowest BCUT2D eigenvalue weighted by molar-refractivity contribution is 0.370. The van der Waals surface area contributed by atoms with Crippen LogP contribution in [0.25, 0.3) is 0 Å². The van der Waals surface area contributed by atoms with Crippen LogP contribution < -0.4 is 10.1 Å². The summed E-state index contributed by atoms with van der Waals surface area (Å²) in [6.45, 7) is 0.819. The van der Waals surface area contributed by atoms with Gasteiger partial charge in [0.25, 0.3) is 0 Å². The molecule has 0 fully saturated rings. The van der Waals surface area contributed by atoms with Gasteiger partial charge in [0.15, 0.2) is 11.5 Å². The van der Waals surface area contributed by atoms with Crippen molar-refractivity contribution in [3.63, 3.8) is 0 Å². The summed E-state index contributed by atoms with van der Waals surface area (Å²) in [5.41, 5.74) is 0.874. The molecule has 1 aromatic rings. The Hall–Kier alpha value is -0.740. The molecule has 1 rings (SSSR count). The smallest absolute Gasteiger partial charge is 0.162 e. The number of rotatable bonds is 4. The minimum Gasteiger partial charge on any atom is -0.504 e. The molecule has 0 radical (unpaired) electrons. The number of phenolic OH excluding ortho intramolecular Hbond substituents is 1. The molecule has 4 heteroatoms. The lowest BCUT2D eigenvalue weighted by Gasteiger charge is -2.10. The maximum absolute atomic E-state index is 9.81. The third-order valence-electron chi connectivity index (χ3n) is 2.03. The molecular weight excluding hydrogens is 246 g/mol. The highest BCUT2D eigenvalue weighted by molar-refractivity contribution is 9.10. The minimum absolute atomic E-state index is 0.220. The highest BCUT2D eigenvalue weighted by atomic mass is 79.9. The van der Waals surface area contributed by atoms with Gasteiger partial charge in [-0.25, -0.2) is 0 Å². The summed E-state index contributed by atoms with van der Waals surface area (Å²) in [6.07, 6.45) is 0.764. The Morgan fingerprint density at radius 1 is 1.50 bits per heavy atom. The number of benzene rings is 1. The molecule has 2 N–H and O–H groups in total. The zero-order valence-corrected chi connectivity index (χ0v) is 9.89. The molecule has 0 atom stereocenters. The summed E-state index contributed by atoms with van der Waals surface area (Å²) < 4.78 is 5.94. The van der Waals surface area contributed by atoms with E-state index in [1.54, 1.807) is 13.2 Å². The average molecular weight is 260 g/mol. The molecule has 0 aromatic heterocycles. The van der Waals surface area contributed by atoms with E-state index in [4.69, 9.17) is 4.74 Å². The van der Waals surface area contributed by atoms with Gasteiger partial charge in [0.2, 0.25) is 0 Å². The molecule has 78 valence electrons. The maximum atomic E-state index is 9.81. The van der Waals surface area contributed by atoms with Crippen molar-refractivity contribution in [2.45, 2.75) is 6.42 Å². The second-order valence-electron chi connectivity index (χ2n) is 2.93. The fraction of sp³-hybridized carbons (Fsp3) is 0.400. The van der Waals surface area contributed by atoms with Crippen LogP contribution in [0.2, 0.25) is 0 Å². The fourth-order valence-corrected chi connectivity index (χ4v) is 1.76. The van der Waals surface area contributed by atoms with E-state index in [-0.39, 0.29) is 5.75 Å². The molecule has 1 aromatic carbocycles. The first kappa shape index (κ1) is 11.3. The Balaban J connectivity index is 2.99. The van der Waals surface area contributed by atoms with Crippen molar-refractivity contribution in [2.24, 2.45) is 0 Å². The van der Waals surface area contributed by atoms with Gasteiger partial charge in [-0.1, -0.05) is 15.9 Å². The van der Waals surface area contributed by atoms with E-state index in [9.17, 15) is 5.11 Å². The van der Waals surface area contributed by atoms with Crippen LogP contribution in [0.15, 0.2) is 16.6 Å². The third kappa shape index (κ3) is 2.39. The number of aromatic hydroxyl groups is 1. The summed E-state index contributed by atoms with van der Waals surface area (Å²) in [5.74, 6) is 0.733. The number of phenols is 1. The van der Waals surface area contributed by atoms with Gasteiger partial charge in [-0.2, -0.15) is 0 Å². The number of hydrogen-bond donors (Lipinski definition) is 2. The molecule has 0 bridgehead atoms. The van der Waals surface area contributed by atoms with E-state index in [1.807, 2.05) is 13.1 Å². The summed E-state index contributed by atoms with van der Waals surface area (Å²) in [4.78, 5) is 0. The summed E-state index contributed by atoms with van der Waals surface area (Å²) in [6, 6.07) is 3.62. The normalized spacial score (nSPS) is 10.2. The molecule has 14 heavy (non-hydrogen) atoms. The predicted molar refractivity (Wildman–Crippen MR) is 60.0 cm³/mol. The molecule has 0 aliphatic carbocycles. The van der Waals surface area contributed by atoms with Gasteiger partial charge < -0.3 is 15.2 Å². The van der Waals surface area contributed by atoms with Gasteiger partial charge in [0.05, 0.1) is 7.11 Å². The maximum Gasteiger partial charge on any atom is 0.162 e. The standard InChI is InChI=1S/C10H14BrNO2/c1-12-6-5-7-8(11)3-4-9(14-2)10(7)13/h3-4,12-13H,5-6H2,1-2H3. The predicted octanol–water partition coefficient (Wildman–Crippen LogP) is 1.93. The first-order chi connectivity index (χ1) is 6.70. The number of ether oxygens (including phenoxy) is 1. The van der Waals surface area contributed by atoms with E-state index in [0.717, 1.165) is 23.0 Å². The zero-order chi connectivity index (χ0) is 10.6. The number of hydrogen-bond acceptors (Lipinski definition) is 3. The first-order valence-corrected chi connectivity index (χ1v) is 5.19. The molecule has 0 amide bonds. The molecule has 0 saturated carbocycles. The van der Waals surface area contributed by atoms with Crippen molar-refractivity contribution in [2.75, 3.05) is 20.7 Å². The van der Waals surface area contributed by atoms with Crippen LogP contribution in [0.1, 0.15) is 5.56 Å². The van der Waals surface area contributed by atoms with E-state index >= 15 is 0 Å². The molecular formula is C10H14BrNO2. The van der Waals surface area contributed by atoms with Crippen molar-refractivity contribution in [3.05, 3.63) is 22.2 Å². The minimum atomic E-state index is 0.220. The Bertz CT molecular complexity index is 315. The average Bonchev–Trinajstić information content (AvgIpc) is 2.18. The number of methoxy groups -OCH3 is 1. The quantitative estimate of drug-likeness (QED) is 0.869. The molecule has 0 aliphatic rings. The fourth-order valence-electron chi connectivity index (χ4n) is 1.24. The van der Waals surface area contributed by atoms with Crippen LogP contribution in [0.5, 0.6) is 11.5 Å². The monoisotopic (exact) mass is 259 g/mol. The van der Waals surface area contributed by atoms with Gasteiger partial charge in [-0.15, -0.1) is 0 Å². The Kier molecular flexibility index (Phi) is 4.22. The zero-order valence-electron chi connectivity index (χ0n) is 8.30. The van der Waals surface area contributed by atoms with E-state index in [1.165, 1.54) is 0 Å². The van der Waals surface area contributed by atoms with Crippen LogP contribution in [0, 0.1) is 0 Å². The van der Waals surface area contributed by atoms with Crippen LogP contribution in [-0.4, -0.2) is 25.8 Å². The molecule has 0 aliphatic heterocycles. The van der Waals surface area contributed by atoms with Crippen LogP contribution >= 0.6 is 15.9 Å². The van der Waals surface area contributed by atoms with E-state index in [0.29, 0.717) is 5.75 Å². The highest BCUT2D eigenvalue weighted by Gasteiger charge is 2.10. The van der Waals surface area contributed by atoms with Crippen molar-refractivity contribution in [1.82, 2.24) is 5.32 Å². The second-order valence-corrected chi connectivity index (χ2v) is 3.78. The van der Waals surface area contributed by atoms with Gasteiger partial charge >= 0.3 is 0 Å². The molecule has 0 heterocycles. The Morgan fingerprint density at radius 2 is 2.21 bits per heavy atom. The summed E-state index contributed by atoms with van der Waals surface area (Å²) >= 11 is 3.40. The summed E-state index contributed by atoms with van der Waals surface area (Å²) in [5, 5.41) is 12.8. The van der Waals surface area contributed by atoms with Gasteiger partial charge in [0, 0.05) is 10.0 Å². The van der Waals surface area contributed by atoms with Crippen molar-refractivity contribution < 1.29 is 9.84 Å². The first-order valence-electron chi connectivity index (χ1n) is 4.39. The van der Waals surface area contributed by atoms with Crippen LogP contribution in [0.4, 0.5) is 0 Å². The summed E-state index contributed by atoms with van der Waals surface area (Å²) in [7, 11) is 3.43. The molecule has 0 spiro atoms. The topological polar surface area (TPSA) is 41.5 Å². The Morgan fingerprint density at radius 3 is 2.79 bits per heavy atom. The lowest BCUT2D eigenvalue weighted by atomic mass is 10.1. The highest BCUT2D eigenvalue weighted by Crippen LogP contribution is 2.34. The molecule has 0 saturated heterocycles. The molecule has 3 nitrogen and oxygen atoms in total. The van der Waals surface area contributed by atoms with Gasteiger partial charge in [-0.3, -0.25) is 0 Å². The lowest BCUT2D eigenvalue weighted by Crippen LogP contribution is -2.10. The number of halogens is 1. The van der Waals surface area contributed by atoms with Crippen LogP contribution in [-0.2, 0) is 6.42 Å². The second kappa shape index (κ2) is 5.22. The van der Waals surface area contributed by atoms with Crippen molar-refractivity contribution >= 4 is 15.9 Å². The van der Waals surface area contributed by atoms with Crippen LogP contribution in [0.3, 0.4) is 0 Å². The largest absolute Gasteiger partial charge is 0.504 e. The van der Waals surface area contributed by atoms with Gasteiger partial charge in [0.1, 0.15) is 0 Å². The SMILES string of the molecule is CNCCc1c(Br)ccc(OC)c1O. The number of likely N-dealkylation sites (N-methyl/N-ethyl adjacent to an activating group) is 1. The van der Waals surface area contributed by atoms with E-state index < -0.39 is 0 Å². The number of nitrogens with one attached hydrogen (secondary N) is 1. The third-order valence-corrected chi connectivity index (χ3v) is 2.78. The van der Waals surface area contributed by atoms with Gasteiger partial charge in [-0.05, 0) is 32.1 Å². The Labute approximate surface area is 92.2 Å². The van der Waals surface area contributed by atoms with Crippen molar-refractivity contribution in [3.8, 4) is 11.5 Å².